The molecule has 0 saturated heterocycles. The van der Waals surface area contributed by atoms with Gasteiger partial charge in [-0.25, -0.2) is 4.98 Å². The van der Waals surface area contributed by atoms with Crippen molar-refractivity contribution in [3.05, 3.63) is 28.5 Å². The Morgan fingerprint density at radius 2 is 2.32 bits per heavy atom. The van der Waals surface area contributed by atoms with E-state index in [1.165, 1.54) is 0 Å². The second kappa shape index (κ2) is 5.92. The molecule has 0 aliphatic heterocycles. The van der Waals surface area contributed by atoms with E-state index in [0.29, 0.717) is 12.3 Å². The highest BCUT2D eigenvalue weighted by Gasteiger charge is 2.17. The second-order valence-corrected chi connectivity index (χ2v) is 5.78. The summed E-state index contributed by atoms with van der Waals surface area (Å²) in [7, 11) is 0. The molecule has 1 amide bonds. The molecule has 4 nitrogen and oxygen atoms in total. The molecule has 6 heteroatoms. The minimum absolute atomic E-state index is 0.0260. The fourth-order valence-corrected chi connectivity index (χ4v) is 2.77. The van der Waals surface area contributed by atoms with Crippen LogP contribution in [0.5, 0.6) is 0 Å². The Bertz CT molecular complexity index is 611. The summed E-state index contributed by atoms with van der Waals surface area (Å²) in [6.07, 6.45) is 0.952. The lowest BCUT2D eigenvalue weighted by Crippen LogP contribution is -2.19. The summed E-state index contributed by atoms with van der Waals surface area (Å²) in [5.74, 6) is 1.06. The molecular formula is C13H15BrClN3O. The first-order chi connectivity index (χ1) is 9.02. The van der Waals surface area contributed by atoms with E-state index in [-0.39, 0.29) is 18.4 Å². The zero-order chi connectivity index (χ0) is 14.0. The number of carbonyl (C=O) groups is 1. The zero-order valence-corrected chi connectivity index (χ0v) is 12.9. The molecular weight excluding hydrogens is 330 g/mol. The van der Waals surface area contributed by atoms with Crippen LogP contribution in [-0.2, 0) is 11.2 Å². The van der Waals surface area contributed by atoms with Gasteiger partial charge in [-0.2, -0.15) is 0 Å². The van der Waals surface area contributed by atoms with Crippen molar-refractivity contribution in [1.29, 1.82) is 0 Å². The highest BCUT2D eigenvalue weighted by Crippen LogP contribution is 2.26. The van der Waals surface area contributed by atoms with Gasteiger partial charge in [-0.3, -0.25) is 4.79 Å². The van der Waals surface area contributed by atoms with E-state index in [1.807, 2.05) is 25.1 Å². The van der Waals surface area contributed by atoms with E-state index < -0.39 is 0 Å². The highest BCUT2D eigenvalue weighted by molar-refractivity contribution is 9.10. The lowest BCUT2D eigenvalue weighted by Gasteiger charge is -2.15. The minimum Gasteiger partial charge on any atom is -0.370 e. The minimum atomic E-state index is -0.316. The number of benzene rings is 1. The van der Waals surface area contributed by atoms with Crippen molar-refractivity contribution in [3.8, 4) is 0 Å². The van der Waals surface area contributed by atoms with Crippen molar-refractivity contribution in [1.82, 2.24) is 9.55 Å². The lowest BCUT2D eigenvalue weighted by atomic mass is 10.2. The molecule has 0 aliphatic rings. The number of imidazole rings is 1. The Balaban J connectivity index is 2.54. The molecule has 0 bridgehead atoms. The average molecular weight is 345 g/mol. The van der Waals surface area contributed by atoms with Crippen molar-refractivity contribution < 1.29 is 4.79 Å². The summed E-state index contributed by atoms with van der Waals surface area (Å²) >= 11 is 9.26. The summed E-state index contributed by atoms with van der Waals surface area (Å²) in [4.78, 5) is 15.7. The van der Waals surface area contributed by atoms with Crippen molar-refractivity contribution in [2.24, 2.45) is 5.73 Å². The maximum Gasteiger partial charge on any atom is 0.219 e. The molecule has 2 aromatic rings. The van der Waals surface area contributed by atoms with Gasteiger partial charge in [0.25, 0.3) is 0 Å². The maximum atomic E-state index is 11.1. The molecule has 0 saturated carbocycles. The Kier molecular flexibility index (Phi) is 4.47. The number of hydrogen-bond donors (Lipinski definition) is 1. The molecule has 1 unspecified atom stereocenters. The molecule has 0 aliphatic carbocycles. The van der Waals surface area contributed by atoms with Crippen LogP contribution in [0.1, 0.15) is 25.2 Å². The van der Waals surface area contributed by atoms with Gasteiger partial charge in [0.05, 0.1) is 11.0 Å². The number of rotatable bonds is 5. The average Bonchev–Trinajstić information content (AvgIpc) is 2.65. The van der Waals surface area contributed by atoms with Crippen LogP contribution in [0.15, 0.2) is 22.7 Å². The molecule has 0 spiro atoms. The topological polar surface area (TPSA) is 60.9 Å². The van der Waals surface area contributed by atoms with Crippen molar-refractivity contribution in [2.45, 2.75) is 25.8 Å². The third kappa shape index (κ3) is 3.09. The van der Waals surface area contributed by atoms with E-state index in [2.05, 4.69) is 25.5 Å². The van der Waals surface area contributed by atoms with E-state index in [4.69, 9.17) is 17.3 Å². The van der Waals surface area contributed by atoms with Gasteiger partial charge in [0.2, 0.25) is 5.91 Å². The lowest BCUT2D eigenvalue weighted by molar-refractivity contribution is -0.118. The van der Waals surface area contributed by atoms with Crippen LogP contribution in [0.25, 0.3) is 11.0 Å². The summed E-state index contributed by atoms with van der Waals surface area (Å²) in [6.45, 7) is 1.96. The molecule has 1 heterocycles. The molecule has 19 heavy (non-hydrogen) atoms. The predicted octanol–water partition coefficient (Wildman–Crippen LogP) is 3.02. The number of aromatic nitrogens is 2. The van der Waals surface area contributed by atoms with Crippen molar-refractivity contribution in [2.75, 3.05) is 5.88 Å². The number of aryl methyl sites for hydroxylation is 1. The molecule has 1 aromatic carbocycles. The third-order valence-corrected chi connectivity index (χ3v) is 3.66. The standard InChI is InChI=1S/C13H15BrClN3O/c1-8(6-12(16)19)18-11-3-2-9(14)7-10(11)17-13(18)4-5-15/h2-3,7-8H,4-6H2,1H3,(H2,16,19). The number of amides is 1. The van der Waals surface area contributed by atoms with E-state index in [1.54, 1.807) is 0 Å². The Morgan fingerprint density at radius 3 is 2.95 bits per heavy atom. The smallest absolute Gasteiger partial charge is 0.219 e. The molecule has 2 rings (SSSR count). The predicted molar refractivity (Wildman–Crippen MR) is 80.4 cm³/mol. The van der Waals surface area contributed by atoms with Crippen LogP contribution in [0.2, 0.25) is 0 Å². The van der Waals surface area contributed by atoms with Gasteiger partial charge in [0.15, 0.2) is 0 Å². The summed E-state index contributed by atoms with van der Waals surface area (Å²) in [6, 6.07) is 5.88. The molecule has 0 fully saturated rings. The number of primary amides is 1. The first-order valence-corrected chi connectivity index (χ1v) is 7.36. The number of carbonyl (C=O) groups excluding carboxylic acids is 1. The van der Waals surface area contributed by atoms with Crippen LogP contribution in [-0.4, -0.2) is 21.3 Å². The fraction of sp³-hybridized carbons (Fsp3) is 0.385. The van der Waals surface area contributed by atoms with Crippen LogP contribution in [0, 0.1) is 0 Å². The maximum absolute atomic E-state index is 11.1. The molecule has 2 N–H and O–H groups in total. The number of hydrogen-bond acceptors (Lipinski definition) is 2. The van der Waals surface area contributed by atoms with Crippen LogP contribution in [0.4, 0.5) is 0 Å². The van der Waals surface area contributed by atoms with Gasteiger partial charge in [-0.1, -0.05) is 15.9 Å². The van der Waals surface area contributed by atoms with Crippen LogP contribution >= 0.6 is 27.5 Å². The summed E-state index contributed by atoms with van der Waals surface area (Å²) < 4.78 is 3.03. The van der Waals surface area contributed by atoms with E-state index in [9.17, 15) is 4.79 Å². The summed E-state index contributed by atoms with van der Waals surface area (Å²) in [5.41, 5.74) is 7.18. The first kappa shape index (κ1) is 14.3. The SMILES string of the molecule is CC(CC(N)=O)n1c(CCCl)nc2cc(Br)ccc21. The Morgan fingerprint density at radius 1 is 1.58 bits per heavy atom. The van der Waals surface area contributed by atoms with E-state index >= 15 is 0 Å². The Hall–Kier alpha value is -1.07. The number of fused-ring (bicyclic) bond motifs is 1. The van der Waals surface area contributed by atoms with Crippen LogP contribution in [0.3, 0.4) is 0 Å². The van der Waals surface area contributed by atoms with Crippen molar-refractivity contribution >= 4 is 44.5 Å². The van der Waals surface area contributed by atoms with Crippen LogP contribution < -0.4 is 5.73 Å². The molecule has 1 atom stereocenters. The van der Waals surface area contributed by atoms with Gasteiger partial charge in [-0.15, -0.1) is 11.6 Å². The number of halogens is 2. The van der Waals surface area contributed by atoms with Gasteiger partial charge in [0, 0.05) is 29.2 Å². The van der Waals surface area contributed by atoms with Crippen molar-refractivity contribution in [3.63, 3.8) is 0 Å². The molecule has 0 radical (unpaired) electrons. The highest BCUT2D eigenvalue weighted by atomic mass is 79.9. The van der Waals surface area contributed by atoms with Gasteiger partial charge < -0.3 is 10.3 Å². The monoisotopic (exact) mass is 343 g/mol. The molecule has 102 valence electrons. The van der Waals surface area contributed by atoms with E-state index in [0.717, 1.165) is 21.3 Å². The van der Waals surface area contributed by atoms with Gasteiger partial charge in [-0.05, 0) is 25.1 Å². The number of nitrogens with two attached hydrogens (primary N) is 1. The summed E-state index contributed by atoms with van der Waals surface area (Å²) in [5, 5.41) is 0. The van der Waals surface area contributed by atoms with Gasteiger partial charge in [0.1, 0.15) is 5.82 Å². The third-order valence-electron chi connectivity index (χ3n) is 2.98. The quantitative estimate of drug-likeness (QED) is 0.848. The normalized spacial score (nSPS) is 12.8. The fourth-order valence-electron chi connectivity index (χ4n) is 2.26. The first-order valence-electron chi connectivity index (χ1n) is 6.03. The second-order valence-electron chi connectivity index (χ2n) is 4.49. The van der Waals surface area contributed by atoms with Gasteiger partial charge >= 0.3 is 0 Å². The number of nitrogens with zero attached hydrogens (tertiary/aromatic N) is 2. The molecule has 1 aromatic heterocycles. The number of alkyl halides is 1. The Labute approximate surface area is 125 Å². The largest absolute Gasteiger partial charge is 0.370 e. The zero-order valence-electron chi connectivity index (χ0n) is 10.6.